The number of nitrogens with zero attached hydrogens (tertiary/aromatic N) is 2. The number of ether oxygens (including phenoxy) is 1. The molecule has 0 bridgehead atoms. The van der Waals surface area contributed by atoms with E-state index in [1.165, 1.54) is 0 Å². The van der Waals surface area contributed by atoms with Crippen LogP contribution in [0.15, 0.2) is 35.9 Å². The molecule has 1 fully saturated rings. The number of morpholine rings is 1. The number of primary sulfonamides is 1. The number of aromatic nitrogens is 1. The topological polar surface area (TPSA) is 103 Å². The molecule has 0 spiro atoms. The van der Waals surface area contributed by atoms with Crippen LogP contribution in [-0.4, -0.2) is 61.7 Å². The Morgan fingerprint density at radius 1 is 1.29 bits per heavy atom. The summed E-state index contributed by atoms with van der Waals surface area (Å²) >= 11 is 0. The summed E-state index contributed by atoms with van der Waals surface area (Å²) in [5, 5.41) is 4.91. The third-order valence-electron chi connectivity index (χ3n) is 5.44. The van der Waals surface area contributed by atoms with E-state index in [0.717, 1.165) is 24.0 Å². The first-order chi connectivity index (χ1) is 13.3. The lowest BCUT2D eigenvalue weighted by molar-refractivity contribution is 0.0203. The molecule has 0 radical (unpaired) electrons. The van der Waals surface area contributed by atoms with Gasteiger partial charge in [0.2, 0.25) is 10.0 Å². The van der Waals surface area contributed by atoms with Gasteiger partial charge in [0.05, 0.1) is 24.4 Å². The average Bonchev–Trinajstić information content (AvgIpc) is 2.66. The van der Waals surface area contributed by atoms with E-state index in [2.05, 4.69) is 9.88 Å². The second kappa shape index (κ2) is 7.36. The molecule has 2 atom stereocenters. The molecule has 28 heavy (non-hydrogen) atoms. The van der Waals surface area contributed by atoms with Crippen molar-refractivity contribution in [3.63, 3.8) is 0 Å². The van der Waals surface area contributed by atoms with Crippen molar-refractivity contribution >= 4 is 32.8 Å². The fourth-order valence-corrected chi connectivity index (χ4v) is 5.03. The molecule has 2 unspecified atom stereocenters. The second-order valence-electron chi connectivity index (χ2n) is 7.37. The lowest BCUT2D eigenvalue weighted by atomic mass is 9.89. The molecule has 1 aromatic carbocycles. The molecule has 1 aromatic heterocycles. The maximum atomic E-state index is 13.1. The summed E-state index contributed by atoms with van der Waals surface area (Å²) in [5.41, 5.74) is 2.08. The van der Waals surface area contributed by atoms with Gasteiger partial charge in [-0.2, -0.15) is 0 Å². The van der Waals surface area contributed by atoms with Crippen molar-refractivity contribution in [1.82, 2.24) is 9.88 Å². The maximum absolute atomic E-state index is 13.1. The Balaban J connectivity index is 1.76. The van der Waals surface area contributed by atoms with E-state index in [1.807, 2.05) is 31.2 Å². The monoisotopic (exact) mass is 401 g/mol. The first-order valence-electron chi connectivity index (χ1n) is 9.32. The van der Waals surface area contributed by atoms with E-state index in [1.54, 1.807) is 12.1 Å². The molecule has 8 heteroatoms. The van der Waals surface area contributed by atoms with Gasteiger partial charge in [-0.1, -0.05) is 18.2 Å². The number of ketones is 1. The molecule has 1 saturated heterocycles. The summed E-state index contributed by atoms with van der Waals surface area (Å²) in [5.74, 6) is -0.498. The number of carbonyl (C=O) groups is 1. The van der Waals surface area contributed by atoms with Crippen molar-refractivity contribution in [1.29, 1.82) is 0 Å². The molecule has 2 heterocycles. The minimum absolute atomic E-state index is 0.0641. The smallest absolute Gasteiger partial charge is 0.223 e. The highest BCUT2D eigenvalue weighted by atomic mass is 32.2. The molecular weight excluding hydrogens is 378 g/mol. The molecule has 0 amide bonds. The summed E-state index contributed by atoms with van der Waals surface area (Å²) in [4.78, 5) is 19.9. The summed E-state index contributed by atoms with van der Waals surface area (Å²) in [6.45, 7) is 4.89. The van der Waals surface area contributed by atoms with Crippen LogP contribution in [0.5, 0.6) is 0 Å². The average molecular weight is 401 g/mol. The number of benzene rings is 1. The van der Waals surface area contributed by atoms with Crippen LogP contribution in [-0.2, 0) is 14.8 Å². The highest BCUT2D eigenvalue weighted by molar-refractivity contribution is 7.90. The van der Waals surface area contributed by atoms with Crippen LogP contribution in [0.2, 0.25) is 0 Å². The van der Waals surface area contributed by atoms with E-state index in [-0.39, 0.29) is 6.04 Å². The summed E-state index contributed by atoms with van der Waals surface area (Å²) in [6.07, 6.45) is 2.16. The van der Waals surface area contributed by atoms with E-state index >= 15 is 0 Å². The lowest BCUT2D eigenvalue weighted by Crippen LogP contribution is -2.45. The fourth-order valence-electron chi connectivity index (χ4n) is 4.01. The molecule has 2 N–H and O–H groups in total. The minimum atomic E-state index is -4.09. The van der Waals surface area contributed by atoms with Gasteiger partial charge in [0, 0.05) is 30.1 Å². The molecule has 1 aliphatic carbocycles. The molecule has 2 aliphatic rings. The zero-order valence-corrected chi connectivity index (χ0v) is 16.5. The highest BCUT2D eigenvalue weighted by Gasteiger charge is 2.39. The van der Waals surface area contributed by atoms with Crippen LogP contribution >= 0.6 is 0 Å². The van der Waals surface area contributed by atoms with Crippen LogP contribution in [0, 0.1) is 0 Å². The Morgan fingerprint density at radius 3 is 2.71 bits per heavy atom. The lowest BCUT2D eigenvalue weighted by Gasteiger charge is -2.34. The molecule has 1 aliphatic heterocycles. The van der Waals surface area contributed by atoms with Crippen LogP contribution in [0.4, 0.5) is 0 Å². The van der Waals surface area contributed by atoms with Crippen molar-refractivity contribution in [3.05, 3.63) is 47.2 Å². The van der Waals surface area contributed by atoms with Gasteiger partial charge in [-0.05, 0) is 37.1 Å². The number of para-hydroxylation sites is 1. The number of hydrogen-bond acceptors (Lipinski definition) is 6. The largest absolute Gasteiger partial charge is 0.379 e. The number of Topliss-reactive ketones (excluding diaryl/α,β-unsaturated/α-hetero) is 1. The van der Waals surface area contributed by atoms with Gasteiger partial charge >= 0.3 is 0 Å². The number of pyridine rings is 1. The Labute approximate surface area is 164 Å². The van der Waals surface area contributed by atoms with Crippen LogP contribution < -0.4 is 5.14 Å². The molecule has 2 aromatic rings. The SMILES string of the molecule is CC(CC1=Cc2nc3ccccc3cc2C(=O)C1S(N)(=O)=O)N1CCOCC1. The Bertz CT molecular complexity index is 1060. The predicted molar refractivity (Wildman–Crippen MR) is 107 cm³/mol. The fraction of sp³-hybridized carbons (Fsp3) is 0.400. The Hall–Kier alpha value is -2.13. The number of fused-ring (bicyclic) bond motifs is 2. The minimum Gasteiger partial charge on any atom is -0.379 e. The predicted octanol–water partition coefficient (Wildman–Crippen LogP) is 1.58. The normalized spacial score (nSPS) is 22.0. The molecule has 0 saturated carbocycles. The van der Waals surface area contributed by atoms with Crippen molar-refractivity contribution in [3.8, 4) is 0 Å². The summed E-state index contributed by atoms with van der Waals surface area (Å²) in [7, 11) is -4.09. The molecular formula is C20H23N3O4S. The van der Waals surface area contributed by atoms with Gasteiger partial charge in [-0.15, -0.1) is 0 Å². The molecule has 4 rings (SSSR count). The molecule has 148 valence electrons. The maximum Gasteiger partial charge on any atom is 0.223 e. The Kier molecular flexibility index (Phi) is 5.05. The standard InChI is InChI=1S/C20H23N3O4S/c1-13(23-6-8-27-9-7-23)10-15-12-18-16(19(24)20(15)28(21,25)26)11-14-4-2-3-5-17(14)22-18/h2-5,11-13,20H,6-10H2,1H3,(H2,21,25,26). The third kappa shape index (κ3) is 3.60. The number of rotatable bonds is 4. The Morgan fingerprint density at radius 2 is 2.00 bits per heavy atom. The van der Waals surface area contributed by atoms with Crippen LogP contribution in [0.1, 0.15) is 29.4 Å². The van der Waals surface area contributed by atoms with Gasteiger partial charge in [0.15, 0.2) is 11.0 Å². The highest BCUT2D eigenvalue weighted by Crippen LogP contribution is 2.32. The van der Waals surface area contributed by atoms with Gasteiger partial charge in [0.25, 0.3) is 0 Å². The van der Waals surface area contributed by atoms with Crippen molar-refractivity contribution in [2.75, 3.05) is 26.3 Å². The number of hydrogen-bond donors (Lipinski definition) is 1. The third-order valence-corrected chi connectivity index (χ3v) is 6.62. The number of carbonyl (C=O) groups excluding carboxylic acids is 1. The van der Waals surface area contributed by atoms with E-state index in [0.29, 0.717) is 36.5 Å². The first kappa shape index (κ1) is 19.2. The van der Waals surface area contributed by atoms with Crippen molar-refractivity contribution in [2.24, 2.45) is 5.14 Å². The van der Waals surface area contributed by atoms with E-state index in [9.17, 15) is 13.2 Å². The van der Waals surface area contributed by atoms with E-state index < -0.39 is 21.1 Å². The quantitative estimate of drug-likeness (QED) is 0.834. The zero-order valence-electron chi connectivity index (χ0n) is 15.7. The van der Waals surface area contributed by atoms with Gasteiger partial charge in [-0.3, -0.25) is 9.69 Å². The second-order valence-corrected chi connectivity index (χ2v) is 9.02. The molecule has 7 nitrogen and oxygen atoms in total. The van der Waals surface area contributed by atoms with Crippen LogP contribution in [0.3, 0.4) is 0 Å². The number of nitrogens with two attached hydrogens (primary N) is 1. The van der Waals surface area contributed by atoms with Gasteiger partial charge in [0.1, 0.15) is 0 Å². The van der Waals surface area contributed by atoms with Crippen molar-refractivity contribution < 1.29 is 17.9 Å². The zero-order chi connectivity index (χ0) is 19.9. The van der Waals surface area contributed by atoms with Crippen LogP contribution in [0.25, 0.3) is 17.0 Å². The first-order valence-corrected chi connectivity index (χ1v) is 10.9. The number of sulfonamides is 1. The van der Waals surface area contributed by atoms with Gasteiger partial charge < -0.3 is 4.74 Å². The van der Waals surface area contributed by atoms with Crippen molar-refractivity contribution in [2.45, 2.75) is 24.6 Å². The van der Waals surface area contributed by atoms with E-state index in [4.69, 9.17) is 9.88 Å². The summed E-state index contributed by atoms with van der Waals surface area (Å²) in [6, 6.07) is 9.22. The summed E-state index contributed by atoms with van der Waals surface area (Å²) < 4.78 is 30.0. The van der Waals surface area contributed by atoms with Gasteiger partial charge in [-0.25, -0.2) is 18.5 Å².